The molecule has 0 amide bonds. The van der Waals surface area contributed by atoms with Crippen molar-refractivity contribution < 1.29 is 9.90 Å². The molecule has 1 aromatic rings. The topological polar surface area (TPSA) is 66.3 Å². The molecule has 1 aromatic heterocycles. The maximum absolute atomic E-state index is 10.6. The summed E-state index contributed by atoms with van der Waals surface area (Å²) in [5.41, 5.74) is 0.895. The van der Waals surface area contributed by atoms with E-state index < -0.39 is 14.2 Å². The predicted octanol–water partition coefficient (Wildman–Crippen LogP) is 1.84. The molecule has 0 bridgehead atoms. The molecule has 0 spiro atoms. The average Bonchev–Trinajstić information content (AvgIpc) is 2.17. The summed E-state index contributed by atoms with van der Waals surface area (Å²) in [7, 11) is -1.47. The van der Waals surface area contributed by atoms with E-state index in [4.69, 9.17) is 5.11 Å². The van der Waals surface area contributed by atoms with E-state index in [1.807, 2.05) is 0 Å². The standard InChI is InChI=1S/C10H17N3O2Si/c1-5-13(16(2,3)4)8-6-11-9(10(14)15)12-7-8/h6-7H,5H2,1-4H3,(H,14,15). The predicted molar refractivity (Wildman–Crippen MR) is 65.4 cm³/mol. The summed E-state index contributed by atoms with van der Waals surface area (Å²) < 4.78 is 2.25. The molecule has 1 N–H and O–H groups in total. The number of hydrogen-bond acceptors (Lipinski definition) is 4. The summed E-state index contributed by atoms with van der Waals surface area (Å²) in [5.74, 6) is -1.25. The first-order valence-electron chi connectivity index (χ1n) is 5.19. The fraction of sp³-hybridized carbons (Fsp3) is 0.500. The lowest BCUT2D eigenvalue weighted by atomic mass is 10.5. The summed E-state index contributed by atoms with van der Waals surface area (Å²) in [6, 6.07) is 0. The highest BCUT2D eigenvalue weighted by Crippen LogP contribution is 2.19. The van der Waals surface area contributed by atoms with E-state index in [9.17, 15) is 4.79 Å². The maximum Gasteiger partial charge on any atom is 0.373 e. The first kappa shape index (κ1) is 12.6. The normalized spacial score (nSPS) is 11.2. The molecule has 0 fully saturated rings. The number of aromatic carboxylic acids is 1. The number of carbonyl (C=O) groups is 1. The van der Waals surface area contributed by atoms with Crippen LogP contribution >= 0.6 is 0 Å². The third kappa shape index (κ3) is 2.79. The number of carboxylic acids is 1. The Morgan fingerprint density at radius 3 is 2.19 bits per heavy atom. The van der Waals surface area contributed by atoms with E-state index in [1.165, 1.54) is 0 Å². The van der Waals surface area contributed by atoms with Crippen LogP contribution in [0.25, 0.3) is 0 Å². The number of aromatic nitrogens is 2. The lowest BCUT2D eigenvalue weighted by Gasteiger charge is -2.34. The van der Waals surface area contributed by atoms with Gasteiger partial charge in [-0.1, -0.05) is 19.6 Å². The van der Waals surface area contributed by atoms with Crippen molar-refractivity contribution in [3.8, 4) is 0 Å². The second kappa shape index (κ2) is 4.61. The van der Waals surface area contributed by atoms with E-state index in [0.717, 1.165) is 12.2 Å². The second-order valence-corrected chi connectivity index (χ2v) is 9.37. The van der Waals surface area contributed by atoms with Crippen molar-refractivity contribution in [2.45, 2.75) is 26.6 Å². The average molecular weight is 239 g/mol. The number of carboxylic acid groups (broad SMARTS) is 1. The van der Waals surface area contributed by atoms with Crippen LogP contribution in [-0.2, 0) is 0 Å². The zero-order valence-electron chi connectivity index (χ0n) is 10.1. The molecular formula is C10H17N3O2Si. The third-order valence-electron chi connectivity index (χ3n) is 2.27. The summed E-state index contributed by atoms with van der Waals surface area (Å²) >= 11 is 0. The summed E-state index contributed by atoms with van der Waals surface area (Å²) in [6.45, 7) is 9.62. The minimum atomic E-state index is -1.47. The third-order valence-corrected chi connectivity index (χ3v) is 4.46. The van der Waals surface area contributed by atoms with Gasteiger partial charge in [-0.05, 0) is 6.92 Å². The molecule has 16 heavy (non-hydrogen) atoms. The van der Waals surface area contributed by atoms with Crippen LogP contribution in [0.1, 0.15) is 17.5 Å². The molecule has 1 heterocycles. The Morgan fingerprint density at radius 2 is 1.88 bits per heavy atom. The van der Waals surface area contributed by atoms with Gasteiger partial charge in [-0.3, -0.25) is 0 Å². The van der Waals surface area contributed by atoms with Crippen LogP contribution in [0.5, 0.6) is 0 Å². The van der Waals surface area contributed by atoms with Crippen LogP contribution in [0.2, 0.25) is 19.6 Å². The molecule has 1 rings (SSSR count). The molecule has 88 valence electrons. The minimum absolute atomic E-state index is 0.157. The van der Waals surface area contributed by atoms with Crippen LogP contribution in [0.4, 0.5) is 5.69 Å². The maximum atomic E-state index is 10.6. The van der Waals surface area contributed by atoms with Crippen LogP contribution < -0.4 is 4.57 Å². The van der Waals surface area contributed by atoms with E-state index in [2.05, 4.69) is 41.1 Å². The fourth-order valence-corrected chi connectivity index (χ4v) is 3.45. The van der Waals surface area contributed by atoms with Gasteiger partial charge in [0.05, 0.1) is 18.1 Å². The molecule has 0 aromatic carbocycles. The van der Waals surface area contributed by atoms with Crippen LogP contribution in [0.15, 0.2) is 12.4 Å². The van der Waals surface area contributed by atoms with E-state index >= 15 is 0 Å². The monoisotopic (exact) mass is 239 g/mol. The Balaban J connectivity index is 3.00. The van der Waals surface area contributed by atoms with Gasteiger partial charge in [0.15, 0.2) is 0 Å². The molecule has 0 radical (unpaired) electrons. The molecule has 0 aliphatic heterocycles. The molecular weight excluding hydrogens is 222 g/mol. The van der Waals surface area contributed by atoms with Crippen molar-refractivity contribution in [3.63, 3.8) is 0 Å². The Bertz CT molecular complexity index is 373. The number of rotatable bonds is 4. The molecule has 0 saturated carbocycles. The van der Waals surface area contributed by atoms with Gasteiger partial charge in [0.25, 0.3) is 0 Å². The fourth-order valence-electron chi connectivity index (χ4n) is 1.62. The van der Waals surface area contributed by atoms with E-state index in [1.54, 1.807) is 12.4 Å². The molecule has 0 aliphatic carbocycles. The van der Waals surface area contributed by atoms with Crippen molar-refractivity contribution in [2.24, 2.45) is 0 Å². The van der Waals surface area contributed by atoms with Crippen molar-refractivity contribution in [1.29, 1.82) is 0 Å². The van der Waals surface area contributed by atoms with Crippen LogP contribution in [-0.4, -0.2) is 35.8 Å². The highest BCUT2D eigenvalue weighted by molar-refractivity contribution is 6.79. The van der Waals surface area contributed by atoms with Crippen molar-refractivity contribution in [3.05, 3.63) is 18.2 Å². The van der Waals surface area contributed by atoms with E-state index in [-0.39, 0.29) is 5.82 Å². The smallest absolute Gasteiger partial charge is 0.373 e. The van der Waals surface area contributed by atoms with Gasteiger partial charge in [0.2, 0.25) is 5.82 Å². The Kier molecular flexibility index (Phi) is 3.64. The zero-order valence-corrected chi connectivity index (χ0v) is 11.1. The van der Waals surface area contributed by atoms with Gasteiger partial charge in [0.1, 0.15) is 8.24 Å². The molecule has 6 heteroatoms. The van der Waals surface area contributed by atoms with Gasteiger partial charge in [0, 0.05) is 6.54 Å². The molecule has 0 atom stereocenters. The van der Waals surface area contributed by atoms with Gasteiger partial charge in [-0.2, -0.15) is 0 Å². The molecule has 0 saturated heterocycles. The number of nitrogens with zero attached hydrogens (tertiary/aromatic N) is 3. The highest BCUT2D eigenvalue weighted by atomic mass is 28.3. The van der Waals surface area contributed by atoms with Gasteiger partial charge >= 0.3 is 5.97 Å². The van der Waals surface area contributed by atoms with Crippen molar-refractivity contribution in [1.82, 2.24) is 9.97 Å². The van der Waals surface area contributed by atoms with Crippen LogP contribution in [0.3, 0.4) is 0 Å². The van der Waals surface area contributed by atoms with Gasteiger partial charge in [-0.15, -0.1) is 0 Å². The Hall–Kier alpha value is -1.43. The Morgan fingerprint density at radius 1 is 1.38 bits per heavy atom. The van der Waals surface area contributed by atoms with E-state index in [0.29, 0.717) is 0 Å². The number of anilines is 1. The van der Waals surface area contributed by atoms with Crippen LogP contribution in [0, 0.1) is 0 Å². The van der Waals surface area contributed by atoms with Crippen molar-refractivity contribution in [2.75, 3.05) is 11.1 Å². The summed E-state index contributed by atoms with van der Waals surface area (Å²) in [4.78, 5) is 18.3. The largest absolute Gasteiger partial charge is 0.475 e. The quantitative estimate of drug-likeness (QED) is 0.812. The first-order chi connectivity index (χ1) is 7.36. The zero-order chi connectivity index (χ0) is 12.3. The highest BCUT2D eigenvalue weighted by Gasteiger charge is 2.23. The minimum Gasteiger partial charge on any atom is -0.475 e. The Labute approximate surface area is 96.2 Å². The first-order valence-corrected chi connectivity index (χ1v) is 8.64. The second-order valence-electron chi connectivity index (χ2n) is 4.49. The summed E-state index contributed by atoms with van der Waals surface area (Å²) in [5, 5.41) is 8.70. The lowest BCUT2D eigenvalue weighted by molar-refractivity contribution is 0.0683. The molecule has 0 unspecified atom stereocenters. The SMILES string of the molecule is CCN(c1cnc(C(=O)O)nc1)[Si](C)(C)C. The van der Waals surface area contributed by atoms with Gasteiger partial charge in [-0.25, -0.2) is 14.8 Å². The lowest BCUT2D eigenvalue weighted by Crippen LogP contribution is -2.46. The molecule has 0 aliphatic rings. The molecule has 5 nitrogen and oxygen atoms in total. The van der Waals surface area contributed by atoms with Gasteiger partial charge < -0.3 is 9.67 Å². The number of hydrogen-bond donors (Lipinski definition) is 1. The summed E-state index contributed by atoms with van der Waals surface area (Å²) in [6.07, 6.45) is 3.16. The van der Waals surface area contributed by atoms with Crippen molar-refractivity contribution >= 4 is 19.9 Å².